The Bertz CT molecular complexity index is 697. The molecule has 0 atom stereocenters. The van der Waals surface area contributed by atoms with Gasteiger partial charge >= 0.3 is 5.97 Å². The van der Waals surface area contributed by atoms with Crippen LogP contribution in [-0.2, 0) is 0 Å². The Balaban J connectivity index is 2.68. The Labute approximate surface area is 124 Å². The summed E-state index contributed by atoms with van der Waals surface area (Å²) >= 11 is 6.08. The quantitative estimate of drug-likeness (QED) is 0.688. The maximum absolute atomic E-state index is 11.1. The van der Waals surface area contributed by atoms with Crippen molar-refractivity contribution in [3.63, 3.8) is 0 Å². The number of ether oxygens (including phenoxy) is 1. The second kappa shape index (κ2) is 5.80. The summed E-state index contributed by atoms with van der Waals surface area (Å²) in [5.41, 5.74) is 0.301. The number of non-ortho nitro benzene ring substituents is 1. The molecule has 7 heteroatoms. The van der Waals surface area contributed by atoms with Crippen molar-refractivity contribution >= 4 is 23.3 Å². The Kier molecular flexibility index (Phi) is 4.09. The fourth-order valence-electron chi connectivity index (χ4n) is 1.85. The number of nitro benzene ring substituents is 1. The molecule has 21 heavy (non-hydrogen) atoms. The predicted molar refractivity (Wildman–Crippen MR) is 77.1 cm³/mol. The summed E-state index contributed by atoms with van der Waals surface area (Å²) in [6.07, 6.45) is 0. The van der Waals surface area contributed by atoms with E-state index in [0.29, 0.717) is 21.9 Å². The number of rotatable bonds is 4. The molecule has 108 valence electrons. The Hall–Kier alpha value is -2.60. The van der Waals surface area contributed by atoms with Gasteiger partial charge in [0, 0.05) is 22.7 Å². The van der Waals surface area contributed by atoms with Crippen molar-refractivity contribution in [1.82, 2.24) is 0 Å². The monoisotopic (exact) mass is 307 g/mol. The van der Waals surface area contributed by atoms with E-state index < -0.39 is 10.9 Å². The van der Waals surface area contributed by atoms with Crippen LogP contribution in [0.4, 0.5) is 5.69 Å². The van der Waals surface area contributed by atoms with Crippen molar-refractivity contribution in [2.45, 2.75) is 0 Å². The lowest BCUT2D eigenvalue weighted by Gasteiger charge is -2.08. The number of hydrogen-bond donors (Lipinski definition) is 1. The summed E-state index contributed by atoms with van der Waals surface area (Å²) in [6.45, 7) is 0. The zero-order valence-electron chi connectivity index (χ0n) is 10.9. The van der Waals surface area contributed by atoms with Crippen molar-refractivity contribution in [1.29, 1.82) is 0 Å². The van der Waals surface area contributed by atoms with Crippen LogP contribution < -0.4 is 4.74 Å². The molecule has 1 N–H and O–H groups in total. The number of aromatic carboxylic acids is 1. The lowest BCUT2D eigenvalue weighted by molar-refractivity contribution is -0.384. The van der Waals surface area contributed by atoms with Gasteiger partial charge in [-0.2, -0.15) is 0 Å². The Morgan fingerprint density at radius 3 is 2.57 bits per heavy atom. The van der Waals surface area contributed by atoms with E-state index in [1.165, 1.54) is 19.2 Å². The maximum atomic E-state index is 11.1. The number of benzene rings is 2. The molecule has 2 aromatic carbocycles. The van der Waals surface area contributed by atoms with Crippen LogP contribution in [-0.4, -0.2) is 23.1 Å². The third kappa shape index (κ3) is 3.11. The van der Waals surface area contributed by atoms with E-state index in [1.807, 2.05) is 0 Å². The van der Waals surface area contributed by atoms with Gasteiger partial charge in [0.25, 0.3) is 5.69 Å². The molecule has 0 unspecified atom stereocenters. The van der Waals surface area contributed by atoms with Gasteiger partial charge in [-0.15, -0.1) is 0 Å². The highest BCUT2D eigenvalue weighted by atomic mass is 35.5. The number of carboxylic acid groups (broad SMARTS) is 1. The third-order valence-electron chi connectivity index (χ3n) is 2.86. The van der Waals surface area contributed by atoms with Gasteiger partial charge in [-0.25, -0.2) is 4.79 Å². The molecule has 2 rings (SSSR count). The summed E-state index contributed by atoms with van der Waals surface area (Å²) in [4.78, 5) is 21.4. The number of nitrogens with zero attached hydrogens (tertiary/aromatic N) is 1. The molecule has 0 bridgehead atoms. The van der Waals surface area contributed by atoms with E-state index in [1.54, 1.807) is 18.2 Å². The molecule has 0 fully saturated rings. The smallest absolute Gasteiger partial charge is 0.335 e. The van der Waals surface area contributed by atoms with Crippen molar-refractivity contribution in [3.05, 3.63) is 57.1 Å². The van der Waals surface area contributed by atoms with Gasteiger partial charge in [-0.3, -0.25) is 10.1 Å². The fraction of sp³-hybridized carbons (Fsp3) is 0.0714. The average Bonchev–Trinajstić information content (AvgIpc) is 2.47. The van der Waals surface area contributed by atoms with Crippen molar-refractivity contribution in [3.8, 4) is 16.9 Å². The Morgan fingerprint density at radius 2 is 2.00 bits per heavy atom. The third-order valence-corrected chi connectivity index (χ3v) is 3.19. The number of halogens is 1. The summed E-state index contributed by atoms with van der Waals surface area (Å²) in [7, 11) is 1.48. The Morgan fingerprint density at radius 1 is 1.29 bits per heavy atom. The minimum atomic E-state index is -1.25. The maximum Gasteiger partial charge on any atom is 0.335 e. The SMILES string of the molecule is COc1ccc(Cl)c(-c2cc(C(=O)O)cc([N+](=O)[O-])c2)c1. The van der Waals surface area contributed by atoms with Crippen LogP contribution in [0.3, 0.4) is 0 Å². The number of carbonyl (C=O) groups is 1. The normalized spacial score (nSPS) is 10.2. The molecule has 0 saturated heterocycles. The number of methoxy groups -OCH3 is 1. The fourth-order valence-corrected chi connectivity index (χ4v) is 2.07. The van der Waals surface area contributed by atoms with Crippen molar-refractivity contribution in [2.24, 2.45) is 0 Å². The van der Waals surface area contributed by atoms with Crippen molar-refractivity contribution < 1.29 is 19.6 Å². The van der Waals surface area contributed by atoms with Gasteiger partial charge in [0.2, 0.25) is 0 Å². The molecular formula is C14H10ClNO5. The van der Waals surface area contributed by atoms with Gasteiger partial charge in [-0.05, 0) is 29.8 Å². The molecule has 2 aromatic rings. The van der Waals surface area contributed by atoms with Crippen LogP contribution >= 0.6 is 11.6 Å². The van der Waals surface area contributed by atoms with Crippen LogP contribution in [0, 0.1) is 10.1 Å². The largest absolute Gasteiger partial charge is 0.497 e. The van der Waals surface area contributed by atoms with Crippen LogP contribution in [0.25, 0.3) is 11.1 Å². The summed E-state index contributed by atoms with van der Waals surface area (Å²) < 4.78 is 5.08. The zero-order valence-corrected chi connectivity index (χ0v) is 11.6. The van der Waals surface area contributed by atoms with E-state index >= 15 is 0 Å². The van der Waals surface area contributed by atoms with Crippen molar-refractivity contribution in [2.75, 3.05) is 7.11 Å². The van der Waals surface area contributed by atoms with Gasteiger partial charge in [0.1, 0.15) is 5.75 Å². The highest BCUT2D eigenvalue weighted by Crippen LogP contribution is 2.34. The molecule has 0 aliphatic carbocycles. The average molecular weight is 308 g/mol. The molecular weight excluding hydrogens is 298 g/mol. The summed E-state index contributed by atoms with van der Waals surface area (Å²) in [6, 6.07) is 8.41. The second-order valence-electron chi connectivity index (χ2n) is 4.18. The standard InChI is InChI=1S/C14H10ClNO5/c1-21-11-2-3-13(15)12(7-11)8-4-9(14(17)18)6-10(5-8)16(19)20/h2-7H,1H3,(H,17,18). The molecule has 0 saturated carbocycles. The first-order valence-corrected chi connectivity index (χ1v) is 6.17. The molecule has 0 amide bonds. The van der Waals surface area contributed by atoms with Gasteiger partial charge < -0.3 is 9.84 Å². The number of nitro groups is 1. The molecule has 0 heterocycles. The van der Waals surface area contributed by atoms with E-state index in [9.17, 15) is 14.9 Å². The molecule has 6 nitrogen and oxygen atoms in total. The summed E-state index contributed by atoms with van der Waals surface area (Å²) in [5, 5.41) is 20.3. The zero-order chi connectivity index (χ0) is 15.6. The summed E-state index contributed by atoms with van der Waals surface area (Å²) in [5.74, 6) is -0.739. The highest BCUT2D eigenvalue weighted by molar-refractivity contribution is 6.33. The van der Waals surface area contributed by atoms with Gasteiger partial charge in [-0.1, -0.05) is 11.6 Å². The van der Waals surface area contributed by atoms with Gasteiger partial charge in [0.15, 0.2) is 0 Å². The first kappa shape index (κ1) is 14.8. The molecule has 0 aromatic heterocycles. The minimum Gasteiger partial charge on any atom is -0.497 e. The minimum absolute atomic E-state index is 0.182. The second-order valence-corrected chi connectivity index (χ2v) is 4.58. The highest BCUT2D eigenvalue weighted by Gasteiger charge is 2.16. The molecule has 0 spiro atoms. The van der Waals surface area contributed by atoms with Crippen LogP contribution in [0.2, 0.25) is 5.02 Å². The first-order chi connectivity index (χ1) is 9.92. The topological polar surface area (TPSA) is 89.7 Å². The molecule has 0 aliphatic rings. The predicted octanol–water partition coefficient (Wildman–Crippen LogP) is 3.62. The van der Waals surface area contributed by atoms with E-state index in [4.69, 9.17) is 21.4 Å². The molecule has 0 aliphatic heterocycles. The van der Waals surface area contributed by atoms with Crippen LogP contribution in [0.5, 0.6) is 5.75 Å². The lowest BCUT2D eigenvalue weighted by atomic mass is 10.0. The van der Waals surface area contributed by atoms with Crippen LogP contribution in [0.15, 0.2) is 36.4 Å². The van der Waals surface area contributed by atoms with Gasteiger partial charge in [0.05, 0.1) is 17.6 Å². The van der Waals surface area contributed by atoms with E-state index in [-0.39, 0.29) is 11.3 Å². The number of carboxylic acids is 1. The van der Waals surface area contributed by atoms with Crippen LogP contribution in [0.1, 0.15) is 10.4 Å². The lowest BCUT2D eigenvalue weighted by Crippen LogP contribution is -1.99. The molecule has 0 radical (unpaired) electrons. The first-order valence-electron chi connectivity index (χ1n) is 5.79. The number of hydrogen-bond acceptors (Lipinski definition) is 4. The van der Waals surface area contributed by atoms with E-state index in [0.717, 1.165) is 6.07 Å². The van der Waals surface area contributed by atoms with E-state index in [2.05, 4.69) is 0 Å².